The normalized spacial score (nSPS) is 14.7. The van der Waals surface area contributed by atoms with Crippen LogP contribution < -0.4 is 5.32 Å². The number of halogens is 1. The van der Waals surface area contributed by atoms with Crippen LogP contribution in [0.25, 0.3) is 0 Å². The summed E-state index contributed by atoms with van der Waals surface area (Å²) in [5.41, 5.74) is 1.09. The number of hydrogen-bond donors (Lipinski definition) is 1. The van der Waals surface area contributed by atoms with E-state index in [1.165, 1.54) is 18.4 Å². The van der Waals surface area contributed by atoms with E-state index in [9.17, 15) is 4.79 Å². The summed E-state index contributed by atoms with van der Waals surface area (Å²) in [6.07, 6.45) is 0. The first-order valence-electron chi connectivity index (χ1n) is 5.53. The minimum absolute atomic E-state index is 0.0743. The monoisotopic (exact) mass is 275 g/mol. The fourth-order valence-corrected chi connectivity index (χ4v) is 2.56. The fraction of sp³-hybridized carbons (Fsp3) is 0.583. The molecule has 0 fully saturated rings. The van der Waals surface area contributed by atoms with E-state index in [4.69, 9.17) is 16.3 Å². The standard InChI is InChI=1S/C12H18ClNO2S/c1-7(2)11(12(15)16-4)14-8(3)9-5-10(13)17-6-9/h5-8,11,14H,1-4H3. The van der Waals surface area contributed by atoms with Crippen LogP contribution in [0.2, 0.25) is 4.34 Å². The molecule has 0 radical (unpaired) electrons. The fourth-order valence-electron chi connectivity index (χ4n) is 1.58. The van der Waals surface area contributed by atoms with E-state index in [2.05, 4.69) is 5.32 Å². The van der Waals surface area contributed by atoms with Gasteiger partial charge in [0.05, 0.1) is 11.4 Å². The molecule has 2 unspecified atom stereocenters. The lowest BCUT2D eigenvalue weighted by atomic mass is 10.0. The van der Waals surface area contributed by atoms with Gasteiger partial charge in [0, 0.05) is 6.04 Å². The number of thiophene rings is 1. The molecule has 0 aromatic carbocycles. The van der Waals surface area contributed by atoms with E-state index in [1.807, 2.05) is 32.2 Å². The van der Waals surface area contributed by atoms with Crippen molar-refractivity contribution < 1.29 is 9.53 Å². The minimum atomic E-state index is -0.298. The van der Waals surface area contributed by atoms with E-state index in [0.29, 0.717) is 0 Å². The zero-order valence-corrected chi connectivity index (χ0v) is 12.1. The maximum atomic E-state index is 11.6. The molecule has 0 aliphatic rings. The molecule has 1 aromatic heterocycles. The third-order valence-electron chi connectivity index (χ3n) is 2.64. The summed E-state index contributed by atoms with van der Waals surface area (Å²) in [6, 6.07) is 1.69. The topological polar surface area (TPSA) is 38.3 Å². The van der Waals surface area contributed by atoms with Gasteiger partial charge in [0.2, 0.25) is 0 Å². The molecular formula is C12H18ClNO2S. The average Bonchev–Trinajstić information content (AvgIpc) is 2.71. The minimum Gasteiger partial charge on any atom is -0.468 e. The van der Waals surface area contributed by atoms with Crippen molar-refractivity contribution in [2.45, 2.75) is 32.9 Å². The molecule has 17 heavy (non-hydrogen) atoms. The Morgan fingerprint density at radius 2 is 2.12 bits per heavy atom. The number of carbonyl (C=O) groups excluding carboxylic acids is 1. The highest BCUT2D eigenvalue weighted by atomic mass is 35.5. The van der Waals surface area contributed by atoms with Crippen molar-refractivity contribution in [2.24, 2.45) is 5.92 Å². The average molecular weight is 276 g/mol. The molecule has 0 bridgehead atoms. The Morgan fingerprint density at radius 1 is 1.47 bits per heavy atom. The third-order valence-corrected chi connectivity index (χ3v) is 3.75. The molecule has 5 heteroatoms. The summed E-state index contributed by atoms with van der Waals surface area (Å²) in [5, 5.41) is 5.26. The van der Waals surface area contributed by atoms with Gasteiger partial charge in [0.1, 0.15) is 6.04 Å². The molecule has 0 spiro atoms. The van der Waals surface area contributed by atoms with Crippen molar-refractivity contribution in [1.29, 1.82) is 0 Å². The molecule has 96 valence electrons. The number of carbonyl (C=O) groups is 1. The quantitative estimate of drug-likeness (QED) is 0.839. The van der Waals surface area contributed by atoms with Crippen LogP contribution in [0.4, 0.5) is 0 Å². The molecule has 0 aliphatic heterocycles. The number of nitrogens with one attached hydrogen (secondary N) is 1. The van der Waals surface area contributed by atoms with E-state index < -0.39 is 0 Å². The molecule has 1 rings (SSSR count). The van der Waals surface area contributed by atoms with E-state index in [1.54, 1.807) is 0 Å². The third kappa shape index (κ3) is 3.98. The number of methoxy groups -OCH3 is 1. The van der Waals surface area contributed by atoms with Gasteiger partial charge in [0.25, 0.3) is 0 Å². The molecule has 1 heterocycles. The van der Waals surface area contributed by atoms with Crippen LogP contribution >= 0.6 is 22.9 Å². The highest BCUT2D eigenvalue weighted by Gasteiger charge is 2.25. The first kappa shape index (κ1) is 14.5. The van der Waals surface area contributed by atoms with E-state index >= 15 is 0 Å². The van der Waals surface area contributed by atoms with Crippen molar-refractivity contribution in [3.8, 4) is 0 Å². The second-order valence-corrected chi connectivity index (χ2v) is 5.86. The zero-order chi connectivity index (χ0) is 13.0. The lowest BCUT2D eigenvalue weighted by Crippen LogP contribution is -2.42. The summed E-state index contributed by atoms with van der Waals surface area (Å²) in [4.78, 5) is 11.6. The molecule has 3 nitrogen and oxygen atoms in total. The summed E-state index contributed by atoms with van der Waals surface area (Å²) in [5.74, 6) is -0.0489. The van der Waals surface area contributed by atoms with Crippen LogP contribution in [0.5, 0.6) is 0 Å². The van der Waals surface area contributed by atoms with Gasteiger partial charge in [0.15, 0.2) is 0 Å². The lowest BCUT2D eigenvalue weighted by Gasteiger charge is -2.23. The Kier molecular flexibility index (Phi) is 5.43. The van der Waals surface area contributed by atoms with Crippen LogP contribution in [-0.4, -0.2) is 19.1 Å². The molecule has 0 saturated carbocycles. The molecule has 1 aromatic rings. The first-order valence-corrected chi connectivity index (χ1v) is 6.79. The summed E-state index contributed by atoms with van der Waals surface area (Å²) < 4.78 is 5.55. The van der Waals surface area contributed by atoms with Crippen molar-refractivity contribution in [3.05, 3.63) is 21.3 Å². The predicted molar refractivity (Wildman–Crippen MR) is 71.5 cm³/mol. The smallest absolute Gasteiger partial charge is 0.323 e. The number of rotatable bonds is 5. The summed E-state index contributed by atoms with van der Waals surface area (Å²) in [6.45, 7) is 5.99. The molecule has 2 atom stereocenters. The molecular weight excluding hydrogens is 258 g/mol. The van der Waals surface area contributed by atoms with Crippen molar-refractivity contribution in [3.63, 3.8) is 0 Å². The second-order valence-electron chi connectivity index (χ2n) is 4.32. The highest BCUT2D eigenvalue weighted by Crippen LogP contribution is 2.25. The van der Waals surface area contributed by atoms with Crippen LogP contribution in [0.15, 0.2) is 11.4 Å². The van der Waals surface area contributed by atoms with Gasteiger partial charge in [-0.15, -0.1) is 11.3 Å². The number of hydrogen-bond acceptors (Lipinski definition) is 4. The zero-order valence-electron chi connectivity index (χ0n) is 10.5. The van der Waals surface area contributed by atoms with Crippen LogP contribution in [0.1, 0.15) is 32.4 Å². The van der Waals surface area contributed by atoms with Gasteiger partial charge < -0.3 is 4.74 Å². The van der Waals surface area contributed by atoms with Crippen LogP contribution in [0.3, 0.4) is 0 Å². The summed E-state index contributed by atoms with van der Waals surface area (Å²) in [7, 11) is 1.41. The molecule has 0 saturated heterocycles. The molecule has 0 amide bonds. The lowest BCUT2D eigenvalue weighted by molar-refractivity contribution is -0.144. The van der Waals surface area contributed by atoms with Gasteiger partial charge in [-0.2, -0.15) is 0 Å². The Balaban J connectivity index is 2.70. The number of ether oxygens (including phenoxy) is 1. The van der Waals surface area contributed by atoms with Crippen molar-refractivity contribution in [2.75, 3.05) is 7.11 Å². The SMILES string of the molecule is COC(=O)C(NC(C)c1csc(Cl)c1)C(C)C. The van der Waals surface area contributed by atoms with Gasteiger partial charge in [-0.25, -0.2) is 0 Å². The van der Waals surface area contributed by atoms with Gasteiger partial charge in [-0.1, -0.05) is 25.4 Å². The van der Waals surface area contributed by atoms with Crippen molar-refractivity contribution >= 4 is 28.9 Å². The largest absolute Gasteiger partial charge is 0.468 e. The van der Waals surface area contributed by atoms with Gasteiger partial charge in [-0.3, -0.25) is 10.1 Å². The van der Waals surface area contributed by atoms with Crippen LogP contribution in [0, 0.1) is 5.92 Å². The van der Waals surface area contributed by atoms with Gasteiger partial charge in [-0.05, 0) is 29.9 Å². The Bertz CT molecular complexity index is 378. The molecule has 0 aliphatic carbocycles. The van der Waals surface area contributed by atoms with Crippen molar-refractivity contribution in [1.82, 2.24) is 5.32 Å². The van der Waals surface area contributed by atoms with E-state index in [-0.39, 0.29) is 24.0 Å². The Morgan fingerprint density at radius 3 is 2.53 bits per heavy atom. The number of esters is 1. The van der Waals surface area contributed by atoms with Gasteiger partial charge >= 0.3 is 5.97 Å². The maximum absolute atomic E-state index is 11.6. The van der Waals surface area contributed by atoms with Crippen LogP contribution in [-0.2, 0) is 9.53 Å². The molecule has 1 N–H and O–H groups in total. The maximum Gasteiger partial charge on any atom is 0.323 e. The highest BCUT2D eigenvalue weighted by molar-refractivity contribution is 7.14. The predicted octanol–water partition coefficient (Wildman–Crippen LogP) is 3.25. The second kappa shape index (κ2) is 6.38. The first-order chi connectivity index (χ1) is 7.95. The Labute approximate surface area is 111 Å². The summed E-state index contributed by atoms with van der Waals surface area (Å²) >= 11 is 7.38. The van der Waals surface area contributed by atoms with E-state index in [0.717, 1.165) is 9.90 Å². The Hall–Kier alpha value is -0.580.